The molecule has 38 heavy (non-hydrogen) atoms. The van der Waals surface area contributed by atoms with Gasteiger partial charge < -0.3 is 9.47 Å². The predicted molar refractivity (Wildman–Crippen MR) is 156 cm³/mol. The van der Waals surface area contributed by atoms with Crippen LogP contribution in [0.2, 0.25) is 10.0 Å². The first-order valence-electron chi connectivity index (χ1n) is 11.5. The molecule has 5 aromatic rings. The molecule has 0 unspecified atom stereocenters. The predicted octanol–water partition coefficient (Wildman–Crippen LogP) is 7.60. The van der Waals surface area contributed by atoms with Crippen molar-refractivity contribution >= 4 is 56.2 Å². The molecular weight excluding hydrogens is 589 g/mol. The van der Waals surface area contributed by atoms with E-state index >= 15 is 0 Å². The van der Waals surface area contributed by atoms with Gasteiger partial charge in [0.05, 0.1) is 24.2 Å². The maximum Gasteiger partial charge on any atom is 0.282 e. The van der Waals surface area contributed by atoms with Crippen molar-refractivity contribution in [2.75, 3.05) is 7.11 Å². The fraction of sp³-hybridized carbons (Fsp3) is 0.0690. The second-order valence-electron chi connectivity index (χ2n) is 8.22. The summed E-state index contributed by atoms with van der Waals surface area (Å²) >= 11 is 16.2. The molecule has 5 rings (SSSR count). The van der Waals surface area contributed by atoms with E-state index < -0.39 is 0 Å². The van der Waals surface area contributed by atoms with Crippen LogP contribution in [-0.4, -0.2) is 23.0 Å². The third-order valence-electron chi connectivity index (χ3n) is 5.77. The molecule has 4 aromatic carbocycles. The van der Waals surface area contributed by atoms with Gasteiger partial charge in [-0.1, -0.05) is 77.8 Å². The van der Waals surface area contributed by atoms with Crippen LogP contribution in [0.1, 0.15) is 11.1 Å². The quantitative estimate of drug-likeness (QED) is 0.178. The first-order valence-corrected chi connectivity index (χ1v) is 13.1. The van der Waals surface area contributed by atoms with Crippen molar-refractivity contribution in [2.24, 2.45) is 5.10 Å². The molecule has 0 bridgehead atoms. The van der Waals surface area contributed by atoms with Crippen molar-refractivity contribution in [3.63, 3.8) is 0 Å². The van der Waals surface area contributed by atoms with Crippen molar-refractivity contribution in [1.29, 1.82) is 0 Å². The number of benzene rings is 4. The van der Waals surface area contributed by atoms with Gasteiger partial charge in [0.25, 0.3) is 5.56 Å². The molecule has 0 aliphatic heterocycles. The molecule has 0 aliphatic carbocycles. The highest BCUT2D eigenvalue weighted by atomic mass is 79.9. The average Bonchev–Trinajstić information content (AvgIpc) is 2.95. The van der Waals surface area contributed by atoms with E-state index in [4.69, 9.17) is 37.7 Å². The summed E-state index contributed by atoms with van der Waals surface area (Å²) in [5, 5.41) is 5.95. The minimum Gasteiger partial charge on any atom is -0.493 e. The van der Waals surface area contributed by atoms with Crippen molar-refractivity contribution in [3.8, 4) is 22.9 Å². The summed E-state index contributed by atoms with van der Waals surface area (Å²) in [6.07, 6.45) is 1.53. The summed E-state index contributed by atoms with van der Waals surface area (Å²) in [6, 6.07) is 25.7. The van der Waals surface area contributed by atoms with Crippen LogP contribution in [0.5, 0.6) is 11.5 Å². The van der Waals surface area contributed by atoms with Gasteiger partial charge in [-0.2, -0.15) is 9.78 Å². The fourth-order valence-electron chi connectivity index (χ4n) is 3.85. The highest BCUT2D eigenvalue weighted by Crippen LogP contribution is 2.42. The molecule has 6 nitrogen and oxygen atoms in total. The standard InChI is InChI=1S/C29H20BrCl2N3O3/c1-37-24-15-20(25(30)26(32)27(24)38-17-18-11-13-21(31)14-12-18)16-33-35-28(19-7-3-2-4-8-19)34-23-10-6-5-9-22(23)29(35)36/h2-16H,17H2,1H3. The lowest BCUT2D eigenvalue weighted by Crippen LogP contribution is -2.20. The van der Waals surface area contributed by atoms with Crippen LogP contribution in [0, 0.1) is 0 Å². The molecule has 0 atom stereocenters. The molecule has 0 radical (unpaired) electrons. The maximum atomic E-state index is 13.4. The normalized spacial score (nSPS) is 11.3. The summed E-state index contributed by atoms with van der Waals surface area (Å²) in [7, 11) is 1.53. The minimum atomic E-state index is -0.289. The van der Waals surface area contributed by atoms with Gasteiger partial charge in [0, 0.05) is 20.6 Å². The average molecular weight is 609 g/mol. The number of para-hydroxylation sites is 1. The number of rotatable bonds is 7. The fourth-order valence-corrected chi connectivity index (χ4v) is 4.63. The number of hydrogen-bond donors (Lipinski definition) is 0. The zero-order valence-corrected chi connectivity index (χ0v) is 23.2. The van der Waals surface area contributed by atoms with Crippen molar-refractivity contribution in [1.82, 2.24) is 9.66 Å². The van der Waals surface area contributed by atoms with Crippen molar-refractivity contribution in [3.05, 3.63) is 121 Å². The van der Waals surface area contributed by atoms with Gasteiger partial charge in [0.2, 0.25) is 0 Å². The molecule has 190 valence electrons. The minimum absolute atomic E-state index is 0.270. The maximum absolute atomic E-state index is 13.4. The molecule has 0 aliphatic rings. The Balaban J connectivity index is 1.55. The van der Waals surface area contributed by atoms with E-state index in [1.54, 1.807) is 36.4 Å². The van der Waals surface area contributed by atoms with Crippen molar-refractivity contribution < 1.29 is 9.47 Å². The van der Waals surface area contributed by atoms with Gasteiger partial charge >= 0.3 is 0 Å². The second kappa shape index (κ2) is 11.4. The molecule has 0 fully saturated rings. The van der Waals surface area contributed by atoms with Crippen LogP contribution < -0.4 is 15.0 Å². The highest BCUT2D eigenvalue weighted by Gasteiger charge is 2.18. The molecule has 0 amide bonds. The SMILES string of the molecule is COc1cc(C=Nn2c(-c3ccccc3)nc3ccccc3c2=O)c(Br)c(Cl)c1OCc1ccc(Cl)cc1. The first-order chi connectivity index (χ1) is 18.5. The number of hydrogen-bond acceptors (Lipinski definition) is 5. The van der Waals surface area contributed by atoms with Crippen LogP contribution in [0.4, 0.5) is 0 Å². The molecule has 0 N–H and O–H groups in total. The summed E-state index contributed by atoms with van der Waals surface area (Å²) in [5.74, 6) is 1.21. The van der Waals surface area contributed by atoms with E-state index in [1.165, 1.54) is 18.0 Å². The smallest absolute Gasteiger partial charge is 0.282 e. The van der Waals surface area contributed by atoms with Crippen LogP contribution in [0.15, 0.2) is 99.3 Å². The molecular formula is C29H20BrCl2N3O3. The molecule has 9 heteroatoms. The Morgan fingerprint density at radius 1 is 1.00 bits per heavy atom. The molecule has 0 saturated heterocycles. The molecule has 1 heterocycles. The van der Waals surface area contributed by atoms with E-state index in [-0.39, 0.29) is 12.2 Å². The monoisotopic (exact) mass is 607 g/mol. The summed E-state index contributed by atoms with van der Waals surface area (Å²) in [4.78, 5) is 18.2. The van der Waals surface area contributed by atoms with E-state index in [9.17, 15) is 4.79 Å². The lowest BCUT2D eigenvalue weighted by molar-refractivity contribution is 0.284. The number of ether oxygens (including phenoxy) is 2. The lowest BCUT2D eigenvalue weighted by atomic mass is 10.2. The Morgan fingerprint density at radius 3 is 2.45 bits per heavy atom. The highest BCUT2D eigenvalue weighted by molar-refractivity contribution is 9.10. The van der Waals surface area contributed by atoms with Gasteiger partial charge in [0.1, 0.15) is 11.6 Å². The van der Waals surface area contributed by atoms with Crippen LogP contribution in [0.3, 0.4) is 0 Å². The van der Waals surface area contributed by atoms with Gasteiger partial charge in [-0.3, -0.25) is 4.79 Å². The first kappa shape index (κ1) is 26.0. The van der Waals surface area contributed by atoms with Gasteiger partial charge in [-0.25, -0.2) is 4.98 Å². The van der Waals surface area contributed by atoms with E-state index in [0.29, 0.717) is 48.3 Å². The zero-order valence-electron chi connectivity index (χ0n) is 20.1. The zero-order chi connectivity index (χ0) is 26.6. The topological polar surface area (TPSA) is 65.7 Å². The van der Waals surface area contributed by atoms with Crippen LogP contribution in [-0.2, 0) is 6.61 Å². The lowest BCUT2D eigenvalue weighted by Gasteiger charge is -2.15. The van der Waals surface area contributed by atoms with Crippen LogP contribution >= 0.6 is 39.1 Å². The third-order valence-corrected chi connectivity index (χ3v) is 7.47. The molecule has 0 spiro atoms. The van der Waals surface area contributed by atoms with E-state index in [1.807, 2.05) is 48.5 Å². The van der Waals surface area contributed by atoms with Gasteiger partial charge in [-0.15, -0.1) is 0 Å². The summed E-state index contributed by atoms with van der Waals surface area (Å²) in [6.45, 7) is 0.270. The van der Waals surface area contributed by atoms with Gasteiger partial charge in [-0.05, 0) is 51.8 Å². The summed E-state index contributed by atoms with van der Waals surface area (Å²) < 4.78 is 13.4. The van der Waals surface area contributed by atoms with Crippen LogP contribution in [0.25, 0.3) is 22.3 Å². The number of methoxy groups -OCH3 is 1. The van der Waals surface area contributed by atoms with E-state index in [2.05, 4.69) is 21.0 Å². The van der Waals surface area contributed by atoms with E-state index in [0.717, 1.165) is 11.1 Å². The Hall–Kier alpha value is -3.65. The largest absolute Gasteiger partial charge is 0.493 e. The molecule has 0 saturated carbocycles. The Bertz CT molecular complexity index is 1710. The number of nitrogens with zero attached hydrogens (tertiary/aromatic N) is 3. The number of aromatic nitrogens is 2. The van der Waals surface area contributed by atoms with Crippen molar-refractivity contribution in [2.45, 2.75) is 6.61 Å². The summed E-state index contributed by atoms with van der Waals surface area (Å²) in [5.41, 5.74) is 2.57. The molecule has 1 aromatic heterocycles. The number of halogens is 3. The Kier molecular flexibility index (Phi) is 7.79. The number of fused-ring (bicyclic) bond motifs is 1. The third kappa shape index (κ3) is 5.31. The second-order valence-corrected chi connectivity index (χ2v) is 9.83. The Labute approximate surface area is 237 Å². The Morgan fingerprint density at radius 2 is 1.71 bits per heavy atom. The van der Waals surface area contributed by atoms with Gasteiger partial charge in [0.15, 0.2) is 17.3 Å².